The normalized spacial score (nSPS) is 11.9. The molecule has 4 aromatic carbocycles. The van der Waals surface area contributed by atoms with Gasteiger partial charge in [-0.25, -0.2) is 0 Å². The van der Waals surface area contributed by atoms with Crippen LogP contribution in [0.25, 0.3) is 10.6 Å². The highest BCUT2D eigenvalue weighted by Gasteiger charge is 2.13. The number of benzene rings is 4. The van der Waals surface area contributed by atoms with Crippen LogP contribution in [0.5, 0.6) is 5.75 Å². The van der Waals surface area contributed by atoms with Crippen molar-refractivity contribution < 1.29 is 4.74 Å². The number of ether oxygens (including phenoxy) is 1. The smallest absolute Gasteiger partial charge is 0.119 e. The van der Waals surface area contributed by atoms with Crippen molar-refractivity contribution >= 4 is 22.2 Å². The minimum Gasteiger partial charge on any atom is -0.492 e. The molecule has 0 fully saturated rings. The number of nitrogens with zero attached hydrogens (tertiary/aromatic N) is 1. The summed E-state index contributed by atoms with van der Waals surface area (Å²) in [6.45, 7) is 8.03. The van der Waals surface area contributed by atoms with Crippen molar-refractivity contribution in [2.45, 2.75) is 20.3 Å². The molecule has 4 rings (SSSR count). The van der Waals surface area contributed by atoms with Gasteiger partial charge in [0.25, 0.3) is 0 Å². The van der Waals surface area contributed by atoms with Gasteiger partial charge >= 0.3 is 0 Å². The molecule has 0 unspecified atom stereocenters. The molecule has 3 heteroatoms. The summed E-state index contributed by atoms with van der Waals surface area (Å²) < 4.78 is 6.01. The van der Waals surface area contributed by atoms with Gasteiger partial charge in [-0.3, -0.25) is 0 Å². The van der Waals surface area contributed by atoms with Crippen molar-refractivity contribution in [3.05, 3.63) is 137 Å². The fourth-order valence-corrected chi connectivity index (χ4v) is 4.66. The van der Waals surface area contributed by atoms with Gasteiger partial charge in [0.2, 0.25) is 0 Å². The Balaban J connectivity index is 1.59. The molecule has 0 spiro atoms. The molecule has 0 N–H and O–H groups in total. The second-order valence-corrected chi connectivity index (χ2v) is 9.19. The van der Waals surface area contributed by atoms with Crippen molar-refractivity contribution in [3.8, 4) is 5.75 Å². The van der Waals surface area contributed by atoms with Crippen LogP contribution in [0.1, 0.15) is 41.7 Å². The lowest BCUT2D eigenvalue weighted by Gasteiger charge is -2.18. The molecule has 0 aliphatic heterocycles. The van der Waals surface area contributed by atoms with E-state index in [2.05, 4.69) is 97.6 Å². The molecular formula is C33H34ClNO. The maximum Gasteiger partial charge on any atom is 0.119 e. The highest BCUT2D eigenvalue weighted by Crippen LogP contribution is 2.35. The van der Waals surface area contributed by atoms with Gasteiger partial charge in [-0.15, -0.1) is 0 Å². The van der Waals surface area contributed by atoms with E-state index < -0.39 is 0 Å². The zero-order valence-corrected chi connectivity index (χ0v) is 21.9. The third kappa shape index (κ3) is 6.87. The SMILES string of the molecule is CCN(CC)CCOc1ccc(C(=C(Cl)c2ccccc2)c2ccc(Cc3ccccc3)cc2)cc1. The Kier molecular flexibility index (Phi) is 9.38. The summed E-state index contributed by atoms with van der Waals surface area (Å²) in [7, 11) is 0. The fourth-order valence-electron chi connectivity index (χ4n) is 4.32. The maximum absolute atomic E-state index is 7.04. The van der Waals surface area contributed by atoms with Crippen LogP contribution in [0, 0.1) is 0 Å². The molecule has 0 aliphatic carbocycles. The lowest BCUT2D eigenvalue weighted by molar-refractivity contribution is 0.223. The van der Waals surface area contributed by atoms with Crippen molar-refractivity contribution in [2.75, 3.05) is 26.2 Å². The first kappa shape index (κ1) is 25.8. The van der Waals surface area contributed by atoms with E-state index in [1.165, 1.54) is 11.1 Å². The molecule has 0 bridgehead atoms. The van der Waals surface area contributed by atoms with Crippen LogP contribution in [0.2, 0.25) is 0 Å². The molecule has 0 aromatic heterocycles. The Morgan fingerprint density at radius 3 is 1.75 bits per heavy atom. The zero-order chi connectivity index (χ0) is 25.2. The third-order valence-electron chi connectivity index (χ3n) is 6.45. The number of rotatable bonds is 11. The van der Waals surface area contributed by atoms with E-state index >= 15 is 0 Å². The van der Waals surface area contributed by atoms with E-state index in [0.29, 0.717) is 6.61 Å². The quantitative estimate of drug-likeness (QED) is 0.195. The highest BCUT2D eigenvalue weighted by atomic mass is 35.5. The first-order chi connectivity index (χ1) is 17.7. The van der Waals surface area contributed by atoms with Crippen LogP contribution in [-0.4, -0.2) is 31.1 Å². The summed E-state index contributed by atoms with van der Waals surface area (Å²) in [5.41, 5.74) is 6.76. The van der Waals surface area contributed by atoms with Gasteiger partial charge in [-0.05, 0) is 59.5 Å². The monoisotopic (exact) mass is 495 g/mol. The summed E-state index contributed by atoms with van der Waals surface area (Å²) in [5.74, 6) is 0.874. The molecule has 4 aromatic rings. The summed E-state index contributed by atoms with van der Waals surface area (Å²) >= 11 is 7.04. The molecule has 0 saturated heterocycles. The van der Waals surface area contributed by atoms with Crippen molar-refractivity contribution in [2.24, 2.45) is 0 Å². The van der Waals surface area contributed by atoms with Crippen LogP contribution in [0.4, 0.5) is 0 Å². The Morgan fingerprint density at radius 1 is 0.639 bits per heavy atom. The van der Waals surface area contributed by atoms with E-state index in [0.717, 1.165) is 59.1 Å². The first-order valence-corrected chi connectivity index (χ1v) is 13.1. The average Bonchev–Trinajstić information content (AvgIpc) is 2.94. The topological polar surface area (TPSA) is 12.5 Å². The minimum atomic E-state index is 0.678. The van der Waals surface area contributed by atoms with Crippen molar-refractivity contribution in [1.82, 2.24) is 4.90 Å². The van der Waals surface area contributed by atoms with Gasteiger partial charge in [0, 0.05) is 12.1 Å². The Labute approximate surface area is 220 Å². The van der Waals surface area contributed by atoms with Gasteiger partial charge in [0.05, 0.1) is 5.03 Å². The molecule has 184 valence electrons. The third-order valence-corrected chi connectivity index (χ3v) is 6.86. The largest absolute Gasteiger partial charge is 0.492 e. The Morgan fingerprint density at radius 2 is 1.17 bits per heavy atom. The summed E-state index contributed by atoms with van der Waals surface area (Å²) in [4.78, 5) is 2.36. The first-order valence-electron chi connectivity index (χ1n) is 12.7. The lowest BCUT2D eigenvalue weighted by atomic mass is 9.93. The molecule has 0 saturated carbocycles. The van der Waals surface area contributed by atoms with E-state index in [1.54, 1.807) is 0 Å². The van der Waals surface area contributed by atoms with Crippen LogP contribution in [-0.2, 0) is 6.42 Å². The second-order valence-electron chi connectivity index (χ2n) is 8.81. The molecular weight excluding hydrogens is 462 g/mol. The van der Waals surface area contributed by atoms with Crippen molar-refractivity contribution in [1.29, 1.82) is 0 Å². The van der Waals surface area contributed by atoms with Gasteiger partial charge < -0.3 is 9.64 Å². The van der Waals surface area contributed by atoms with Crippen molar-refractivity contribution in [3.63, 3.8) is 0 Å². The highest BCUT2D eigenvalue weighted by molar-refractivity contribution is 6.53. The number of hydrogen-bond donors (Lipinski definition) is 0. The van der Waals surface area contributed by atoms with Crippen LogP contribution >= 0.6 is 11.6 Å². The van der Waals surface area contributed by atoms with E-state index in [-0.39, 0.29) is 0 Å². The zero-order valence-electron chi connectivity index (χ0n) is 21.2. The average molecular weight is 496 g/mol. The van der Waals surface area contributed by atoms with Gasteiger partial charge in [-0.2, -0.15) is 0 Å². The maximum atomic E-state index is 7.04. The predicted molar refractivity (Wildman–Crippen MR) is 154 cm³/mol. The predicted octanol–water partition coefficient (Wildman–Crippen LogP) is 8.15. The Hall–Kier alpha value is -3.33. The number of likely N-dealkylation sites (N-methyl/N-ethyl adjacent to an activating group) is 1. The summed E-state index contributed by atoms with van der Waals surface area (Å²) in [6, 6.07) is 37.7. The van der Waals surface area contributed by atoms with Crippen LogP contribution in [0.3, 0.4) is 0 Å². The molecule has 2 nitrogen and oxygen atoms in total. The summed E-state index contributed by atoms with van der Waals surface area (Å²) in [5, 5.41) is 0.738. The second kappa shape index (κ2) is 13.1. The molecule has 0 atom stereocenters. The van der Waals surface area contributed by atoms with E-state index in [4.69, 9.17) is 16.3 Å². The van der Waals surface area contributed by atoms with E-state index in [1.807, 2.05) is 30.3 Å². The minimum absolute atomic E-state index is 0.678. The van der Waals surface area contributed by atoms with Crippen LogP contribution in [0.15, 0.2) is 109 Å². The Bertz CT molecular complexity index is 1230. The standard InChI is InChI=1S/C33H34ClNO/c1-3-35(4-2)23-24-36-31-21-19-29(20-22-31)32(33(34)30-13-9-6-10-14-30)28-17-15-27(16-18-28)25-26-11-7-5-8-12-26/h5-22H,3-4,23-25H2,1-2H3. The van der Waals surface area contributed by atoms with Gasteiger partial charge in [-0.1, -0.05) is 123 Å². The number of hydrogen-bond acceptors (Lipinski definition) is 2. The van der Waals surface area contributed by atoms with Gasteiger partial charge in [0.1, 0.15) is 12.4 Å². The van der Waals surface area contributed by atoms with E-state index in [9.17, 15) is 0 Å². The number of halogens is 1. The lowest BCUT2D eigenvalue weighted by Crippen LogP contribution is -2.27. The van der Waals surface area contributed by atoms with Gasteiger partial charge in [0.15, 0.2) is 0 Å². The fraction of sp³-hybridized carbons (Fsp3) is 0.212. The molecule has 0 amide bonds. The van der Waals surface area contributed by atoms with Crippen LogP contribution < -0.4 is 4.74 Å². The molecule has 0 radical (unpaired) electrons. The summed E-state index contributed by atoms with van der Waals surface area (Å²) in [6.07, 6.45) is 0.909. The molecule has 36 heavy (non-hydrogen) atoms. The molecule has 0 aliphatic rings. The molecule has 0 heterocycles.